The molecular weight excluding hydrogens is 212 g/mol. The molecule has 15 heavy (non-hydrogen) atoms. The van der Waals surface area contributed by atoms with Crippen LogP contribution in [-0.2, 0) is 4.79 Å². The summed E-state index contributed by atoms with van der Waals surface area (Å²) in [6.07, 6.45) is 7.83. The standard InChI is InChI=1S/C10H12N2O2S/c1-12(2)10-11-7-8(15-10)5-3-4-6-9(13)14/h3-7H,1-2H3,(H,13,14). The zero-order valence-corrected chi connectivity index (χ0v) is 9.36. The van der Waals surface area contributed by atoms with Gasteiger partial charge in [-0.1, -0.05) is 23.5 Å². The van der Waals surface area contributed by atoms with Crippen molar-refractivity contribution in [1.82, 2.24) is 4.98 Å². The molecule has 0 bridgehead atoms. The molecule has 0 aliphatic rings. The molecule has 0 aromatic carbocycles. The first-order chi connectivity index (χ1) is 7.09. The average molecular weight is 224 g/mol. The van der Waals surface area contributed by atoms with Gasteiger partial charge < -0.3 is 10.0 Å². The molecule has 0 amide bonds. The third kappa shape index (κ3) is 3.95. The number of carboxylic acids is 1. The third-order valence-corrected chi connectivity index (χ3v) is 2.63. The van der Waals surface area contributed by atoms with Gasteiger partial charge in [-0.25, -0.2) is 9.78 Å². The molecule has 1 rings (SSSR count). The van der Waals surface area contributed by atoms with E-state index in [1.54, 1.807) is 23.6 Å². The van der Waals surface area contributed by atoms with Crippen molar-refractivity contribution in [3.63, 3.8) is 0 Å². The summed E-state index contributed by atoms with van der Waals surface area (Å²) in [7, 11) is 3.85. The van der Waals surface area contributed by atoms with Crippen molar-refractivity contribution in [2.75, 3.05) is 19.0 Å². The Bertz CT molecular complexity index is 394. The summed E-state index contributed by atoms with van der Waals surface area (Å²) in [5, 5.41) is 9.28. The predicted octanol–water partition coefficient (Wildman–Crippen LogP) is 1.86. The van der Waals surface area contributed by atoms with Gasteiger partial charge in [-0.2, -0.15) is 0 Å². The fourth-order valence-corrected chi connectivity index (χ4v) is 1.60. The van der Waals surface area contributed by atoms with Gasteiger partial charge in [-0.3, -0.25) is 0 Å². The Hall–Kier alpha value is -1.62. The molecule has 0 aliphatic carbocycles. The maximum atomic E-state index is 10.2. The number of rotatable bonds is 4. The number of allylic oxidation sites excluding steroid dienone is 2. The predicted molar refractivity (Wildman–Crippen MR) is 62.3 cm³/mol. The zero-order chi connectivity index (χ0) is 11.3. The minimum absolute atomic E-state index is 0.928. The largest absolute Gasteiger partial charge is 0.478 e. The monoisotopic (exact) mass is 224 g/mol. The van der Waals surface area contributed by atoms with E-state index in [-0.39, 0.29) is 0 Å². The molecule has 0 unspecified atom stereocenters. The summed E-state index contributed by atoms with van der Waals surface area (Å²) >= 11 is 1.55. The number of thiazole rings is 1. The van der Waals surface area contributed by atoms with E-state index >= 15 is 0 Å². The van der Waals surface area contributed by atoms with Crippen molar-refractivity contribution >= 4 is 28.5 Å². The Morgan fingerprint density at radius 2 is 2.27 bits per heavy atom. The third-order valence-electron chi connectivity index (χ3n) is 1.50. The highest BCUT2D eigenvalue weighted by Gasteiger charge is 1.99. The summed E-state index contributed by atoms with van der Waals surface area (Å²) in [4.78, 5) is 17.3. The van der Waals surface area contributed by atoms with Gasteiger partial charge in [0.2, 0.25) is 0 Å². The van der Waals surface area contributed by atoms with Gasteiger partial charge in [0, 0.05) is 31.2 Å². The van der Waals surface area contributed by atoms with Crippen molar-refractivity contribution in [1.29, 1.82) is 0 Å². The second-order valence-electron chi connectivity index (χ2n) is 3.00. The van der Waals surface area contributed by atoms with Crippen LogP contribution in [0.25, 0.3) is 6.08 Å². The van der Waals surface area contributed by atoms with Crippen LogP contribution in [0, 0.1) is 0 Å². The average Bonchev–Trinajstić information content (AvgIpc) is 2.60. The van der Waals surface area contributed by atoms with E-state index in [1.165, 1.54) is 6.08 Å². The Labute approximate surface area is 92.2 Å². The van der Waals surface area contributed by atoms with Crippen molar-refractivity contribution in [2.45, 2.75) is 0 Å². The number of hydrogen-bond acceptors (Lipinski definition) is 4. The SMILES string of the molecule is CN(C)c1ncc(C=CC=CC(=O)O)s1. The van der Waals surface area contributed by atoms with Gasteiger partial charge in [-0.05, 0) is 6.08 Å². The number of hydrogen-bond donors (Lipinski definition) is 1. The summed E-state index contributed by atoms with van der Waals surface area (Å²) < 4.78 is 0. The van der Waals surface area contributed by atoms with Gasteiger partial charge >= 0.3 is 5.97 Å². The van der Waals surface area contributed by atoms with E-state index in [4.69, 9.17) is 5.11 Å². The molecule has 0 atom stereocenters. The molecule has 4 nitrogen and oxygen atoms in total. The van der Waals surface area contributed by atoms with Crippen LogP contribution in [-0.4, -0.2) is 30.2 Å². The molecule has 0 aliphatic heterocycles. The maximum Gasteiger partial charge on any atom is 0.328 e. The molecule has 80 valence electrons. The number of carboxylic acid groups (broad SMARTS) is 1. The van der Waals surface area contributed by atoms with E-state index in [0.717, 1.165) is 16.1 Å². The van der Waals surface area contributed by atoms with Crippen molar-refractivity contribution < 1.29 is 9.90 Å². The first kappa shape index (κ1) is 11.5. The number of aliphatic carboxylic acids is 1. The van der Waals surface area contributed by atoms with Gasteiger partial charge in [0.25, 0.3) is 0 Å². The lowest BCUT2D eigenvalue weighted by atomic mass is 10.4. The summed E-state index contributed by atoms with van der Waals surface area (Å²) in [6, 6.07) is 0. The highest BCUT2D eigenvalue weighted by atomic mass is 32.1. The molecule has 0 saturated carbocycles. The molecule has 1 aromatic heterocycles. The molecule has 0 radical (unpaired) electrons. The topological polar surface area (TPSA) is 53.4 Å². The smallest absolute Gasteiger partial charge is 0.328 e. The van der Waals surface area contributed by atoms with Crippen LogP contribution in [0.5, 0.6) is 0 Å². The van der Waals surface area contributed by atoms with Crippen LogP contribution >= 0.6 is 11.3 Å². The van der Waals surface area contributed by atoms with Crippen molar-refractivity contribution in [3.05, 3.63) is 29.3 Å². The van der Waals surface area contributed by atoms with Crippen LogP contribution in [0.2, 0.25) is 0 Å². The highest BCUT2D eigenvalue weighted by molar-refractivity contribution is 7.16. The van der Waals surface area contributed by atoms with E-state index in [2.05, 4.69) is 4.98 Å². The lowest BCUT2D eigenvalue weighted by Gasteiger charge is -2.04. The molecular formula is C10H12N2O2S. The first-order valence-corrected chi connectivity index (χ1v) is 5.12. The summed E-state index contributed by atoms with van der Waals surface area (Å²) in [6.45, 7) is 0. The highest BCUT2D eigenvalue weighted by Crippen LogP contribution is 2.21. The lowest BCUT2D eigenvalue weighted by Crippen LogP contribution is -2.07. The molecule has 1 N–H and O–H groups in total. The fraction of sp³-hybridized carbons (Fsp3) is 0.200. The number of aromatic nitrogens is 1. The van der Waals surface area contributed by atoms with Crippen LogP contribution in [0.1, 0.15) is 4.88 Å². The second kappa shape index (κ2) is 5.31. The summed E-state index contributed by atoms with van der Waals surface area (Å²) in [5.74, 6) is -0.946. The van der Waals surface area contributed by atoms with Crippen LogP contribution in [0.15, 0.2) is 24.4 Å². The molecule has 0 saturated heterocycles. The second-order valence-corrected chi connectivity index (χ2v) is 4.04. The van der Waals surface area contributed by atoms with E-state index < -0.39 is 5.97 Å². The zero-order valence-electron chi connectivity index (χ0n) is 8.54. The number of nitrogens with zero attached hydrogens (tertiary/aromatic N) is 2. The number of carbonyl (C=O) groups is 1. The fourth-order valence-electron chi connectivity index (χ4n) is 0.849. The molecule has 1 heterocycles. The van der Waals surface area contributed by atoms with Crippen LogP contribution < -0.4 is 4.90 Å². The Morgan fingerprint density at radius 1 is 1.53 bits per heavy atom. The molecule has 0 fully saturated rings. The first-order valence-electron chi connectivity index (χ1n) is 4.30. The van der Waals surface area contributed by atoms with E-state index in [0.29, 0.717) is 0 Å². The normalized spacial score (nSPS) is 11.3. The van der Waals surface area contributed by atoms with Gasteiger partial charge in [-0.15, -0.1) is 0 Å². The van der Waals surface area contributed by atoms with Crippen LogP contribution in [0.4, 0.5) is 5.13 Å². The Morgan fingerprint density at radius 3 is 2.80 bits per heavy atom. The maximum absolute atomic E-state index is 10.2. The lowest BCUT2D eigenvalue weighted by molar-refractivity contribution is -0.131. The van der Waals surface area contributed by atoms with Crippen molar-refractivity contribution in [2.24, 2.45) is 0 Å². The number of anilines is 1. The molecule has 0 spiro atoms. The van der Waals surface area contributed by atoms with Gasteiger partial charge in [0.05, 0.1) is 0 Å². The Balaban J connectivity index is 2.61. The van der Waals surface area contributed by atoms with Crippen LogP contribution in [0.3, 0.4) is 0 Å². The van der Waals surface area contributed by atoms with Gasteiger partial charge in [0.1, 0.15) is 0 Å². The quantitative estimate of drug-likeness (QED) is 0.626. The molecule has 5 heteroatoms. The summed E-state index contributed by atoms with van der Waals surface area (Å²) in [5.41, 5.74) is 0. The van der Waals surface area contributed by atoms with E-state index in [9.17, 15) is 4.79 Å². The van der Waals surface area contributed by atoms with Crippen molar-refractivity contribution in [3.8, 4) is 0 Å². The molecule has 1 aromatic rings. The van der Waals surface area contributed by atoms with Gasteiger partial charge in [0.15, 0.2) is 5.13 Å². The van der Waals surface area contributed by atoms with E-state index in [1.807, 2.05) is 25.1 Å². The Kier molecular flexibility index (Phi) is 4.05. The minimum Gasteiger partial charge on any atom is -0.478 e. The minimum atomic E-state index is -0.946.